The zero-order valence-electron chi connectivity index (χ0n) is 11.0. The van der Waals surface area contributed by atoms with Crippen molar-refractivity contribution in [1.82, 2.24) is 4.98 Å². The van der Waals surface area contributed by atoms with Crippen LogP contribution in [0.25, 0.3) is 10.9 Å². The highest BCUT2D eigenvalue weighted by Gasteiger charge is 2.05. The smallest absolute Gasteiger partial charge is 0.121 e. The van der Waals surface area contributed by atoms with Crippen LogP contribution in [0.1, 0.15) is 5.69 Å². The quantitative estimate of drug-likeness (QED) is 0.824. The molecule has 96 valence electrons. The molecule has 1 N–H and O–H groups in total. The van der Waals surface area contributed by atoms with E-state index in [0.717, 1.165) is 34.6 Å². The Morgan fingerprint density at radius 3 is 2.78 bits per heavy atom. The van der Waals surface area contributed by atoms with E-state index in [2.05, 4.69) is 10.3 Å². The first-order chi connectivity index (χ1) is 8.74. The van der Waals surface area contributed by atoms with Crippen LogP contribution in [0.4, 0.5) is 5.69 Å². The van der Waals surface area contributed by atoms with Gasteiger partial charge in [-0.3, -0.25) is 4.98 Å². The van der Waals surface area contributed by atoms with E-state index in [1.807, 2.05) is 31.2 Å². The van der Waals surface area contributed by atoms with Gasteiger partial charge in [-0.2, -0.15) is 0 Å². The Balaban J connectivity index is 2.39. The Bertz CT molecular complexity index is 541. The highest BCUT2D eigenvalue weighted by atomic mass is 16.5. The summed E-state index contributed by atoms with van der Waals surface area (Å²) in [5.74, 6) is 0.823. The largest absolute Gasteiger partial charge is 0.497 e. The first-order valence-corrected chi connectivity index (χ1v) is 5.93. The van der Waals surface area contributed by atoms with Crippen molar-refractivity contribution in [2.75, 3.05) is 32.7 Å². The zero-order valence-corrected chi connectivity index (χ0v) is 11.0. The summed E-state index contributed by atoms with van der Waals surface area (Å²) >= 11 is 0. The van der Waals surface area contributed by atoms with Crippen LogP contribution in [0.3, 0.4) is 0 Å². The fourth-order valence-corrected chi connectivity index (χ4v) is 1.90. The molecule has 0 radical (unpaired) electrons. The molecule has 1 aromatic carbocycles. The van der Waals surface area contributed by atoms with Crippen molar-refractivity contribution < 1.29 is 9.47 Å². The lowest BCUT2D eigenvalue weighted by atomic mass is 10.1. The Kier molecular flexibility index (Phi) is 3.99. The van der Waals surface area contributed by atoms with Gasteiger partial charge in [-0.15, -0.1) is 0 Å². The summed E-state index contributed by atoms with van der Waals surface area (Å²) in [6, 6.07) is 7.96. The minimum Gasteiger partial charge on any atom is -0.497 e. The molecule has 0 saturated carbocycles. The summed E-state index contributed by atoms with van der Waals surface area (Å²) in [7, 11) is 3.36. The number of methoxy groups -OCH3 is 2. The van der Waals surface area contributed by atoms with Gasteiger partial charge >= 0.3 is 0 Å². The molecule has 0 saturated heterocycles. The molecule has 0 amide bonds. The topological polar surface area (TPSA) is 43.4 Å². The second-order valence-electron chi connectivity index (χ2n) is 4.11. The molecule has 0 aliphatic heterocycles. The number of hydrogen-bond acceptors (Lipinski definition) is 4. The van der Waals surface area contributed by atoms with E-state index in [-0.39, 0.29) is 0 Å². The van der Waals surface area contributed by atoms with E-state index in [4.69, 9.17) is 9.47 Å². The zero-order chi connectivity index (χ0) is 13.0. The number of anilines is 1. The Morgan fingerprint density at radius 2 is 2.06 bits per heavy atom. The van der Waals surface area contributed by atoms with Gasteiger partial charge in [-0.1, -0.05) is 0 Å². The Morgan fingerprint density at radius 1 is 1.22 bits per heavy atom. The first-order valence-electron chi connectivity index (χ1n) is 5.93. The number of hydrogen-bond donors (Lipinski definition) is 1. The number of aryl methyl sites for hydroxylation is 1. The maximum absolute atomic E-state index is 5.22. The fraction of sp³-hybridized carbons (Fsp3) is 0.357. The Hall–Kier alpha value is -1.81. The molecule has 0 unspecified atom stereocenters. The SMILES string of the molecule is COCCNc1cc(C)nc2cc(OC)ccc12. The average Bonchev–Trinajstić information content (AvgIpc) is 2.38. The van der Waals surface area contributed by atoms with Gasteiger partial charge in [-0.05, 0) is 25.1 Å². The molecule has 1 aromatic heterocycles. The molecule has 0 fully saturated rings. The predicted molar refractivity (Wildman–Crippen MR) is 73.4 cm³/mol. The van der Waals surface area contributed by atoms with Crippen molar-refractivity contribution in [3.8, 4) is 5.75 Å². The number of nitrogens with zero attached hydrogens (tertiary/aromatic N) is 1. The normalized spacial score (nSPS) is 10.6. The summed E-state index contributed by atoms with van der Waals surface area (Å²) in [5, 5.41) is 4.46. The second kappa shape index (κ2) is 5.69. The maximum atomic E-state index is 5.22. The van der Waals surface area contributed by atoms with Gasteiger partial charge in [-0.25, -0.2) is 0 Å². The van der Waals surface area contributed by atoms with Crippen LogP contribution in [0.2, 0.25) is 0 Å². The number of fused-ring (bicyclic) bond motifs is 1. The van der Waals surface area contributed by atoms with Crippen molar-refractivity contribution in [2.45, 2.75) is 6.92 Å². The highest BCUT2D eigenvalue weighted by molar-refractivity contribution is 5.92. The molecule has 0 atom stereocenters. The van der Waals surface area contributed by atoms with Crippen molar-refractivity contribution in [3.05, 3.63) is 30.0 Å². The Labute approximate surface area is 107 Å². The number of rotatable bonds is 5. The molecule has 0 aliphatic rings. The number of pyridine rings is 1. The molecule has 0 aliphatic carbocycles. The molecular weight excluding hydrogens is 228 g/mol. The second-order valence-corrected chi connectivity index (χ2v) is 4.11. The molecule has 2 aromatic rings. The summed E-state index contributed by atoms with van der Waals surface area (Å²) in [5.41, 5.74) is 3.00. The number of aromatic nitrogens is 1. The van der Waals surface area contributed by atoms with Gasteiger partial charge < -0.3 is 14.8 Å². The van der Waals surface area contributed by atoms with Crippen LogP contribution in [0, 0.1) is 6.92 Å². The standard InChI is InChI=1S/C14H18N2O2/c1-10-8-13(15-6-7-17-2)12-5-4-11(18-3)9-14(12)16-10/h4-5,8-9H,6-7H2,1-3H3,(H,15,16). The number of ether oxygens (including phenoxy) is 2. The molecule has 2 rings (SSSR count). The maximum Gasteiger partial charge on any atom is 0.121 e. The van der Waals surface area contributed by atoms with Gasteiger partial charge in [0.2, 0.25) is 0 Å². The third-order valence-electron chi connectivity index (χ3n) is 2.77. The molecule has 0 bridgehead atoms. The summed E-state index contributed by atoms with van der Waals surface area (Å²) < 4.78 is 10.3. The van der Waals surface area contributed by atoms with E-state index >= 15 is 0 Å². The van der Waals surface area contributed by atoms with Crippen molar-refractivity contribution in [3.63, 3.8) is 0 Å². The minimum absolute atomic E-state index is 0.680. The molecule has 18 heavy (non-hydrogen) atoms. The number of benzene rings is 1. The molecule has 1 heterocycles. The van der Waals surface area contributed by atoms with E-state index in [9.17, 15) is 0 Å². The first kappa shape index (κ1) is 12.6. The summed E-state index contributed by atoms with van der Waals surface area (Å²) in [6.45, 7) is 3.44. The van der Waals surface area contributed by atoms with E-state index in [0.29, 0.717) is 6.61 Å². The lowest BCUT2D eigenvalue weighted by Crippen LogP contribution is -2.08. The van der Waals surface area contributed by atoms with Crippen LogP contribution in [-0.4, -0.2) is 32.4 Å². The highest BCUT2D eigenvalue weighted by Crippen LogP contribution is 2.26. The van der Waals surface area contributed by atoms with Crippen LogP contribution in [-0.2, 0) is 4.74 Å². The fourth-order valence-electron chi connectivity index (χ4n) is 1.90. The monoisotopic (exact) mass is 246 g/mol. The lowest BCUT2D eigenvalue weighted by molar-refractivity contribution is 0.211. The number of nitrogens with one attached hydrogen (secondary N) is 1. The van der Waals surface area contributed by atoms with Gasteiger partial charge in [0.25, 0.3) is 0 Å². The van der Waals surface area contributed by atoms with E-state index in [1.54, 1.807) is 14.2 Å². The van der Waals surface area contributed by atoms with Gasteiger partial charge in [0.1, 0.15) is 5.75 Å². The molecule has 4 heteroatoms. The molecule has 4 nitrogen and oxygen atoms in total. The summed E-state index contributed by atoms with van der Waals surface area (Å²) in [4.78, 5) is 4.52. The summed E-state index contributed by atoms with van der Waals surface area (Å²) in [6.07, 6.45) is 0. The van der Waals surface area contributed by atoms with Crippen LogP contribution in [0.5, 0.6) is 5.75 Å². The third-order valence-corrected chi connectivity index (χ3v) is 2.77. The van der Waals surface area contributed by atoms with Gasteiger partial charge in [0.05, 0.1) is 19.2 Å². The van der Waals surface area contributed by atoms with Crippen molar-refractivity contribution >= 4 is 16.6 Å². The average molecular weight is 246 g/mol. The van der Waals surface area contributed by atoms with E-state index < -0.39 is 0 Å². The van der Waals surface area contributed by atoms with E-state index in [1.165, 1.54) is 0 Å². The van der Waals surface area contributed by atoms with Crippen LogP contribution < -0.4 is 10.1 Å². The van der Waals surface area contributed by atoms with Crippen LogP contribution >= 0.6 is 0 Å². The van der Waals surface area contributed by atoms with Crippen molar-refractivity contribution in [1.29, 1.82) is 0 Å². The minimum atomic E-state index is 0.680. The third kappa shape index (κ3) is 2.71. The predicted octanol–water partition coefficient (Wildman–Crippen LogP) is 2.61. The van der Waals surface area contributed by atoms with Gasteiger partial charge in [0, 0.05) is 36.5 Å². The van der Waals surface area contributed by atoms with Crippen molar-refractivity contribution in [2.24, 2.45) is 0 Å². The molecule has 0 spiro atoms. The van der Waals surface area contributed by atoms with Gasteiger partial charge in [0.15, 0.2) is 0 Å². The lowest BCUT2D eigenvalue weighted by Gasteiger charge is -2.11. The van der Waals surface area contributed by atoms with Crippen LogP contribution in [0.15, 0.2) is 24.3 Å². The molecular formula is C14H18N2O2.